The van der Waals surface area contributed by atoms with Crippen LogP contribution in [0.1, 0.15) is 28.8 Å². The van der Waals surface area contributed by atoms with Crippen LogP contribution in [0.15, 0.2) is 55.0 Å². The van der Waals surface area contributed by atoms with E-state index in [1.165, 1.54) is 0 Å². The molecule has 4 rings (SSSR count). The highest BCUT2D eigenvalue weighted by Crippen LogP contribution is 2.31. The van der Waals surface area contributed by atoms with Crippen LogP contribution >= 0.6 is 0 Å². The summed E-state index contributed by atoms with van der Waals surface area (Å²) in [6, 6.07) is 10.9. The topological polar surface area (TPSA) is 81.5 Å². The van der Waals surface area contributed by atoms with Gasteiger partial charge in [0.15, 0.2) is 17.3 Å². The number of carbonyl (C=O) groups is 1. The number of amides is 1. The standard InChI is InChI=1S/C23H27N5O3/c1-27-12-7-19(8-13-27)31-21-15-18(3-4-20(21)30-2)23(29)25-22-9-14-28(26-22)16-17-5-10-24-11-6-17/h3-6,9-11,14-15,19H,7-8,12-13,16H2,1-2H3,(H,25,26,29). The molecule has 0 atom stereocenters. The Bertz CT molecular complexity index is 1010. The van der Waals surface area contributed by atoms with Crippen molar-refractivity contribution in [2.75, 3.05) is 32.6 Å². The zero-order valence-electron chi connectivity index (χ0n) is 17.8. The number of hydrogen-bond acceptors (Lipinski definition) is 6. The quantitative estimate of drug-likeness (QED) is 0.632. The van der Waals surface area contributed by atoms with Crippen LogP contribution in [0.2, 0.25) is 0 Å². The van der Waals surface area contributed by atoms with Crippen molar-refractivity contribution in [3.05, 3.63) is 66.1 Å². The van der Waals surface area contributed by atoms with Gasteiger partial charge in [0, 0.05) is 43.3 Å². The van der Waals surface area contributed by atoms with Crippen molar-refractivity contribution in [2.45, 2.75) is 25.5 Å². The molecule has 1 fully saturated rings. The van der Waals surface area contributed by atoms with Gasteiger partial charge in [0.2, 0.25) is 0 Å². The summed E-state index contributed by atoms with van der Waals surface area (Å²) in [6.45, 7) is 2.60. The fraction of sp³-hybridized carbons (Fsp3) is 0.348. The van der Waals surface area contributed by atoms with Gasteiger partial charge in [0.05, 0.1) is 13.7 Å². The molecule has 0 aliphatic carbocycles. The predicted molar refractivity (Wildman–Crippen MR) is 118 cm³/mol. The van der Waals surface area contributed by atoms with Crippen molar-refractivity contribution < 1.29 is 14.3 Å². The normalized spacial score (nSPS) is 14.9. The molecule has 31 heavy (non-hydrogen) atoms. The average Bonchev–Trinajstić information content (AvgIpc) is 3.22. The number of hydrogen-bond donors (Lipinski definition) is 1. The summed E-state index contributed by atoms with van der Waals surface area (Å²) in [5, 5.41) is 7.28. The third-order valence-corrected chi connectivity index (χ3v) is 5.36. The van der Waals surface area contributed by atoms with Crippen molar-refractivity contribution in [3.8, 4) is 11.5 Å². The highest BCUT2D eigenvalue weighted by Gasteiger charge is 2.20. The van der Waals surface area contributed by atoms with Crippen LogP contribution in [0.3, 0.4) is 0 Å². The van der Waals surface area contributed by atoms with Gasteiger partial charge in [-0.1, -0.05) is 0 Å². The van der Waals surface area contributed by atoms with Crippen LogP contribution in [0, 0.1) is 0 Å². The average molecular weight is 422 g/mol. The van der Waals surface area contributed by atoms with E-state index >= 15 is 0 Å². The zero-order valence-corrected chi connectivity index (χ0v) is 17.8. The minimum Gasteiger partial charge on any atom is -0.493 e. The second-order valence-electron chi connectivity index (χ2n) is 7.69. The molecule has 1 amide bonds. The summed E-state index contributed by atoms with van der Waals surface area (Å²) in [5.41, 5.74) is 1.58. The van der Waals surface area contributed by atoms with Gasteiger partial charge in [-0.2, -0.15) is 5.10 Å². The number of piperidine rings is 1. The fourth-order valence-corrected chi connectivity index (χ4v) is 3.57. The van der Waals surface area contributed by atoms with Gasteiger partial charge in [-0.15, -0.1) is 0 Å². The number of nitrogens with one attached hydrogen (secondary N) is 1. The molecule has 1 aromatic carbocycles. The van der Waals surface area contributed by atoms with E-state index in [0.29, 0.717) is 29.4 Å². The molecule has 8 nitrogen and oxygen atoms in total. The first kappa shape index (κ1) is 20.9. The molecule has 2 aromatic heterocycles. The smallest absolute Gasteiger partial charge is 0.257 e. The first-order chi connectivity index (χ1) is 15.1. The maximum atomic E-state index is 12.8. The molecule has 1 N–H and O–H groups in total. The van der Waals surface area contributed by atoms with Gasteiger partial charge in [0.1, 0.15) is 6.10 Å². The molecule has 0 unspecified atom stereocenters. The lowest BCUT2D eigenvalue weighted by Crippen LogP contribution is -2.35. The Morgan fingerprint density at radius 2 is 1.90 bits per heavy atom. The number of rotatable bonds is 7. The first-order valence-electron chi connectivity index (χ1n) is 10.4. The van der Waals surface area contributed by atoms with E-state index in [9.17, 15) is 4.79 Å². The molecule has 0 radical (unpaired) electrons. The number of ether oxygens (including phenoxy) is 2. The van der Waals surface area contributed by atoms with E-state index in [1.807, 2.05) is 18.3 Å². The maximum Gasteiger partial charge on any atom is 0.257 e. The minimum atomic E-state index is -0.245. The van der Waals surface area contributed by atoms with E-state index in [-0.39, 0.29) is 12.0 Å². The monoisotopic (exact) mass is 421 g/mol. The third-order valence-electron chi connectivity index (χ3n) is 5.36. The van der Waals surface area contributed by atoms with Gasteiger partial charge in [-0.05, 0) is 55.8 Å². The molecule has 162 valence electrons. The minimum absolute atomic E-state index is 0.118. The van der Waals surface area contributed by atoms with Crippen molar-refractivity contribution in [3.63, 3.8) is 0 Å². The number of aromatic nitrogens is 3. The summed E-state index contributed by atoms with van der Waals surface area (Å²) in [5.74, 6) is 1.46. The Kier molecular flexibility index (Phi) is 6.47. The lowest BCUT2D eigenvalue weighted by Gasteiger charge is -2.29. The van der Waals surface area contributed by atoms with Crippen LogP contribution in [0.4, 0.5) is 5.82 Å². The highest BCUT2D eigenvalue weighted by molar-refractivity contribution is 6.04. The molecular formula is C23H27N5O3. The highest BCUT2D eigenvalue weighted by atomic mass is 16.5. The molecule has 0 saturated carbocycles. The summed E-state index contributed by atoms with van der Waals surface area (Å²) >= 11 is 0. The SMILES string of the molecule is COc1ccc(C(=O)Nc2ccn(Cc3ccncc3)n2)cc1OC1CCN(C)CC1. The van der Waals surface area contributed by atoms with Gasteiger partial charge in [0.25, 0.3) is 5.91 Å². The Balaban J connectivity index is 1.42. The van der Waals surface area contributed by atoms with Crippen molar-refractivity contribution in [2.24, 2.45) is 0 Å². The molecule has 1 aliphatic rings. The Labute approximate surface area is 181 Å². The number of likely N-dealkylation sites (tertiary alicyclic amines) is 1. The van der Waals surface area contributed by atoms with E-state index < -0.39 is 0 Å². The van der Waals surface area contributed by atoms with Crippen LogP contribution in [0.5, 0.6) is 11.5 Å². The van der Waals surface area contributed by atoms with Gasteiger partial charge >= 0.3 is 0 Å². The lowest BCUT2D eigenvalue weighted by molar-refractivity contribution is 0.101. The number of pyridine rings is 1. The molecule has 3 aromatic rings. The third kappa shape index (κ3) is 5.40. The Hall–Kier alpha value is -3.39. The molecule has 8 heteroatoms. The lowest BCUT2D eigenvalue weighted by atomic mass is 10.1. The second kappa shape index (κ2) is 9.61. The van der Waals surface area contributed by atoms with Gasteiger partial charge in [-0.3, -0.25) is 14.5 Å². The summed E-state index contributed by atoms with van der Waals surface area (Å²) in [6.07, 6.45) is 7.34. The molecule has 0 bridgehead atoms. The van der Waals surface area contributed by atoms with Gasteiger partial charge < -0.3 is 19.7 Å². The van der Waals surface area contributed by atoms with Crippen molar-refractivity contribution in [1.82, 2.24) is 19.7 Å². The Morgan fingerprint density at radius 1 is 1.13 bits per heavy atom. The number of methoxy groups -OCH3 is 1. The summed E-state index contributed by atoms with van der Waals surface area (Å²) in [7, 11) is 3.71. The fourth-order valence-electron chi connectivity index (χ4n) is 3.57. The van der Waals surface area contributed by atoms with Crippen LogP contribution in [-0.2, 0) is 6.54 Å². The molecule has 1 aliphatic heterocycles. The van der Waals surface area contributed by atoms with Gasteiger partial charge in [-0.25, -0.2) is 0 Å². The van der Waals surface area contributed by atoms with E-state index in [4.69, 9.17) is 9.47 Å². The first-order valence-corrected chi connectivity index (χ1v) is 10.4. The van der Waals surface area contributed by atoms with E-state index in [2.05, 4.69) is 27.3 Å². The number of carbonyl (C=O) groups excluding carboxylic acids is 1. The van der Waals surface area contributed by atoms with E-state index in [1.54, 1.807) is 48.5 Å². The molecule has 3 heterocycles. The second-order valence-corrected chi connectivity index (χ2v) is 7.69. The van der Waals surface area contributed by atoms with Crippen molar-refractivity contribution in [1.29, 1.82) is 0 Å². The summed E-state index contributed by atoms with van der Waals surface area (Å²) in [4.78, 5) is 19.1. The van der Waals surface area contributed by atoms with Crippen LogP contribution in [0.25, 0.3) is 0 Å². The molecule has 1 saturated heterocycles. The Morgan fingerprint density at radius 3 is 2.65 bits per heavy atom. The van der Waals surface area contributed by atoms with E-state index in [0.717, 1.165) is 31.5 Å². The van der Waals surface area contributed by atoms with Crippen LogP contribution in [-0.4, -0.2) is 58.9 Å². The summed E-state index contributed by atoms with van der Waals surface area (Å²) < 4.78 is 13.4. The number of anilines is 1. The van der Waals surface area contributed by atoms with Crippen LogP contribution < -0.4 is 14.8 Å². The molecule has 0 spiro atoms. The van der Waals surface area contributed by atoms with Crippen molar-refractivity contribution >= 4 is 11.7 Å². The number of nitrogens with zero attached hydrogens (tertiary/aromatic N) is 4. The predicted octanol–water partition coefficient (Wildman–Crippen LogP) is 3.06. The molecular weight excluding hydrogens is 394 g/mol. The largest absolute Gasteiger partial charge is 0.493 e. The number of benzene rings is 1. The zero-order chi connectivity index (χ0) is 21.6. The maximum absolute atomic E-state index is 12.8.